The number of nitrogens with two attached hydrogens (primary N) is 1. The molecule has 0 aliphatic rings. The Bertz CT molecular complexity index is 312. The van der Waals surface area contributed by atoms with E-state index in [-0.39, 0.29) is 0 Å². The van der Waals surface area contributed by atoms with Gasteiger partial charge in [0.2, 0.25) is 0 Å². The van der Waals surface area contributed by atoms with Gasteiger partial charge in [0.1, 0.15) is 0 Å². The highest BCUT2D eigenvalue weighted by Crippen LogP contribution is 2.24. The maximum Gasteiger partial charge on any atom is 0.0607 e. The molecule has 4 nitrogen and oxygen atoms in total. The molecule has 1 aromatic carbocycles. The molecule has 1 rings (SSSR count). The van der Waals surface area contributed by atoms with E-state index >= 15 is 0 Å². The predicted molar refractivity (Wildman–Crippen MR) is 44.4 cm³/mol. The van der Waals surface area contributed by atoms with E-state index in [4.69, 9.17) is 11.3 Å². The minimum atomic E-state index is 0.493. The van der Waals surface area contributed by atoms with Gasteiger partial charge in [-0.05, 0) is 18.0 Å². The van der Waals surface area contributed by atoms with Crippen molar-refractivity contribution in [3.8, 4) is 0 Å². The number of hydrogen-bond acceptors (Lipinski definition) is 2. The number of aryl methyl sites for hydroxylation is 1. The zero-order chi connectivity index (χ0) is 8.27. The maximum absolute atomic E-state index is 8.14. The molecule has 0 fully saturated rings. The van der Waals surface area contributed by atoms with Crippen LogP contribution in [-0.4, -0.2) is 0 Å². The molecule has 0 bridgehead atoms. The van der Waals surface area contributed by atoms with E-state index in [0.29, 0.717) is 11.4 Å². The van der Waals surface area contributed by atoms with Gasteiger partial charge >= 0.3 is 0 Å². The number of nitrogen functional groups attached to an aromatic ring is 1. The fraction of sp³-hybridized carbons (Fsp3) is 0.143. The Labute approximate surface area is 64.3 Å². The van der Waals surface area contributed by atoms with Gasteiger partial charge in [0.15, 0.2) is 0 Å². The molecule has 2 N–H and O–H groups in total. The molecule has 0 aliphatic carbocycles. The first-order valence-electron chi connectivity index (χ1n) is 3.16. The molecule has 0 atom stereocenters. The first kappa shape index (κ1) is 7.44. The van der Waals surface area contributed by atoms with Crippen LogP contribution in [0.25, 0.3) is 10.4 Å². The smallest absolute Gasteiger partial charge is 0.0607 e. The third-order valence-electron chi connectivity index (χ3n) is 1.45. The van der Waals surface area contributed by atoms with Gasteiger partial charge in [-0.15, -0.1) is 0 Å². The van der Waals surface area contributed by atoms with E-state index < -0.39 is 0 Å². The van der Waals surface area contributed by atoms with Gasteiger partial charge in [0, 0.05) is 10.6 Å². The van der Waals surface area contributed by atoms with Crippen molar-refractivity contribution in [3.63, 3.8) is 0 Å². The number of para-hydroxylation sites is 1. The molecule has 0 amide bonds. The van der Waals surface area contributed by atoms with Gasteiger partial charge in [-0.2, -0.15) is 0 Å². The molecule has 0 saturated heterocycles. The molecule has 1 aromatic rings. The minimum absolute atomic E-state index is 0.493. The van der Waals surface area contributed by atoms with Crippen LogP contribution < -0.4 is 5.73 Å². The summed E-state index contributed by atoms with van der Waals surface area (Å²) in [5.41, 5.74) is 15.7. The third-order valence-corrected chi connectivity index (χ3v) is 1.45. The lowest BCUT2D eigenvalue weighted by Gasteiger charge is -2.00. The van der Waals surface area contributed by atoms with Crippen LogP contribution in [0.3, 0.4) is 0 Å². The van der Waals surface area contributed by atoms with Crippen molar-refractivity contribution >= 4 is 11.4 Å². The number of azide groups is 1. The Hall–Kier alpha value is -1.67. The zero-order valence-electron chi connectivity index (χ0n) is 6.15. The summed E-state index contributed by atoms with van der Waals surface area (Å²) >= 11 is 0. The summed E-state index contributed by atoms with van der Waals surface area (Å²) in [7, 11) is 0. The molecule has 0 saturated carbocycles. The van der Waals surface area contributed by atoms with Gasteiger partial charge in [-0.3, -0.25) is 0 Å². The Morgan fingerprint density at radius 3 is 2.91 bits per heavy atom. The fourth-order valence-electron chi connectivity index (χ4n) is 0.801. The van der Waals surface area contributed by atoms with Crippen LogP contribution in [0.15, 0.2) is 23.3 Å². The van der Waals surface area contributed by atoms with Crippen molar-refractivity contribution in [2.45, 2.75) is 6.92 Å². The summed E-state index contributed by atoms with van der Waals surface area (Å²) in [6, 6.07) is 5.35. The second-order valence-corrected chi connectivity index (χ2v) is 2.20. The number of anilines is 1. The Balaban J connectivity index is 3.26. The van der Waals surface area contributed by atoms with E-state index in [1.165, 1.54) is 0 Å². The SMILES string of the molecule is Cc1cccc(N=[N+]=[N-])c1N. The van der Waals surface area contributed by atoms with Crippen LogP contribution in [0.4, 0.5) is 11.4 Å². The van der Waals surface area contributed by atoms with Gasteiger partial charge in [-0.25, -0.2) is 0 Å². The van der Waals surface area contributed by atoms with E-state index in [1.807, 2.05) is 13.0 Å². The first-order valence-corrected chi connectivity index (χ1v) is 3.16. The van der Waals surface area contributed by atoms with Crippen molar-refractivity contribution in [1.29, 1.82) is 0 Å². The highest BCUT2D eigenvalue weighted by Gasteiger charge is 1.96. The molecular weight excluding hydrogens is 140 g/mol. The van der Waals surface area contributed by atoms with Crippen molar-refractivity contribution in [3.05, 3.63) is 34.2 Å². The van der Waals surface area contributed by atoms with Gasteiger partial charge in [0.05, 0.1) is 5.69 Å². The average molecular weight is 148 g/mol. The molecule has 0 spiro atoms. The number of nitrogens with zero attached hydrogens (tertiary/aromatic N) is 3. The molecule has 0 aromatic heterocycles. The molecule has 11 heavy (non-hydrogen) atoms. The molecule has 56 valence electrons. The Morgan fingerprint density at radius 2 is 2.27 bits per heavy atom. The second-order valence-electron chi connectivity index (χ2n) is 2.20. The van der Waals surface area contributed by atoms with Crippen LogP contribution in [0, 0.1) is 6.92 Å². The normalized spacial score (nSPS) is 8.82. The summed E-state index contributed by atoms with van der Waals surface area (Å²) in [5, 5.41) is 3.42. The maximum atomic E-state index is 8.14. The molecule has 0 radical (unpaired) electrons. The highest BCUT2D eigenvalue weighted by atomic mass is 15.1. The van der Waals surface area contributed by atoms with E-state index in [9.17, 15) is 0 Å². The minimum Gasteiger partial charge on any atom is -0.398 e. The monoisotopic (exact) mass is 148 g/mol. The summed E-state index contributed by atoms with van der Waals surface area (Å²) in [6.45, 7) is 1.87. The third kappa shape index (κ3) is 1.42. The number of benzene rings is 1. The topological polar surface area (TPSA) is 74.8 Å². The van der Waals surface area contributed by atoms with Crippen LogP contribution in [0.1, 0.15) is 5.56 Å². The van der Waals surface area contributed by atoms with E-state index in [2.05, 4.69) is 10.0 Å². The fourth-order valence-corrected chi connectivity index (χ4v) is 0.801. The number of rotatable bonds is 1. The van der Waals surface area contributed by atoms with E-state index in [1.54, 1.807) is 12.1 Å². The van der Waals surface area contributed by atoms with E-state index in [0.717, 1.165) is 5.56 Å². The van der Waals surface area contributed by atoms with Crippen molar-refractivity contribution in [2.75, 3.05) is 5.73 Å². The summed E-state index contributed by atoms with van der Waals surface area (Å²) < 4.78 is 0. The highest BCUT2D eigenvalue weighted by molar-refractivity contribution is 5.66. The molecule has 4 heteroatoms. The van der Waals surface area contributed by atoms with Crippen LogP contribution >= 0.6 is 0 Å². The molecule has 0 aliphatic heterocycles. The molecular formula is C7H8N4. The van der Waals surface area contributed by atoms with Crippen molar-refractivity contribution < 1.29 is 0 Å². The number of hydrogen-bond donors (Lipinski definition) is 1. The quantitative estimate of drug-likeness (QED) is 0.282. The zero-order valence-corrected chi connectivity index (χ0v) is 6.15. The van der Waals surface area contributed by atoms with Crippen LogP contribution in [0.2, 0.25) is 0 Å². The Kier molecular flexibility index (Phi) is 1.99. The largest absolute Gasteiger partial charge is 0.398 e. The van der Waals surface area contributed by atoms with Crippen LogP contribution in [-0.2, 0) is 0 Å². The van der Waals surface area contributed by atoms with Crippen LogP contribution in [0.5, 0.6) is 0 Å². The predicted octanol–water partition coefficient (Wildman–Crippen LogP) is 2.52. The van der Waals surface area contributed by atoms with Gasteiger partial charge in [-0.1, -0.05) is 23.3 Å². The Morgan fingerprint density at radius 1 is 1.55 bits per heavy atom. The lowest BCUT2D eigenvalue weighted by atomic mass is 10.2. The standard InChI is InChI=1S/C7H8N4/c1-5-3-2-4-6(7(5)8)10-11-9/h2-4H,8H2,1H3. The lowest BCUT2D eigenvalue weighted by molar-refractivity contribution is 1.41. The van der Waals surface area contributed by atoms with Crippen molar-refractivity contribution in [1.82, 2.24) is 0 Å². The van der Waals surface area contributed by atoms with Gasteiger partial charge in [0.25, 0.3) is 0 Å². The lowest BCUT2D eigenvalue weighted by Crippen LogP contribution is -1.88. The molecule has 0 heterocycles. The summed E-state index contributed by atoms with van der Waals surface area (Å²) in [6.07, 6.45) is 0. The summed E-state index contributed by atoms with van der Waals surface area (Å²) in [4.78, 5) is 2.65. The second kappa shape index (κ2) is 2.94. The first-order chi connectivity index (χ1) is 5.25. The molecule has 0 unspecified atom stereocenters. The van der Waals surface area contributed by atoms with Crippen molar-refractivity contribution in [2.24, 2.45) is 5.11 Å². The average Bonchev–Trinajstić information content (AvgIpc) is 1.99. The van der Waals surface area contributed by atoms with Gasteiger partial charge < -0.3 is 5.73 Å². The summed E-state index contributed by atoms with van der Waals surface area (Å²) in [5.74, 6) is 0.